The first-order valence-electron chi connectivity index (χ1n) is 8.43. The smallest absolute Gasteiger partial charge is 0.279 e. The average molecular weight is 351 g/mol. The van der Waals surface area contributed by atoms with E-state index in [1.807, 2.05) is 13.8 Å². The second-order valence-corrected chi connectivity index (χ2v) is 7.43. The number of hydrazine groups is 1. The number of hydrogen-bond donors (Lipinski definition) is 3. The molecule has 1 saturated carbocycles. The minimum atomic E-state index is -0.664. The third-order valence-electron chi connectivity index (χ3n) is 4.27. The maximum Gasteiger partial charge on any atom is 0.279 e. The van der Waals surface area contributed by atoms with Crippen molar-refractivity contribution in [3.05, 3.63) is 22.4 Å². The summed E-state index contributed by atoms with van der Waals surface area (Å²) in [6.07, 6.45) is 5.06. The van der Waals surface area contributed by atoms with E-state index in [1.165, 1.54) is 17.8 Å². The van der Waals surface area contributed by atoms with E-state index in [4.69, 9.17) is 0 Å². The third kappa shape index (κ3) is 5.06. The minimum absolute atomic E-state index is 0.00601. The van der Waals surface area contributed by atoms with Gasteiger partial charge in [-0.2, -0.15) is 0 Å². The molecule has 1 aromatic heterocycles. The molecule has 0 unspecified atom stereocenters. The van der Waals surface area contributed by atoms with E-state index in [2.05, 4.69) is 16.2 Å². The lowest BCUT2D eigenvalue weighted by Gasteiger charge is -2.26. The fourth-order valence-corrected chi connectivity index (χ4v) is 3.46. The van der Waals surface area contributed by atoms with E-state index in [-0.39, 0.29) is 23.7 Å². The van der Waals surface area contributed by atoms with Crippen LogP contribution in [0.1, 0.15) is 55.6 Å². The lowest BCUT2D eigenvalue weighted by Crippen LogP contribution is -2.55. The van der Waals surface area contributed by atoms with Crippen molar-refractivity contribution in [3.63, 3.8) is 0 Å². The van der Waals surface area contributed by atoms with Gasteiger partial charge in [0.15, 0.2) is 0 Å². The number of carbonyl (C=O) groups excluding carboxylic acids is 3. The highest BCUT2D eigenvalue weighted by Crippen LogP contribution is 2.24. The first-order chi connectivity index (χ1) is 11.5. The summed E-state index contributed by atoms with van der Waals surface area (Å²) in [6.45, 7) is 3.74. The Morgan fingerprint density at radius 2 is 1.83 bits per heavy atom. The van der Waals surface area contributed by atoms with E-state index >= 15 is 0 Å². The van der Waals surface area contributed by atoms with Gasteiger partial charge in [0.2, 0.25) is 5.91 Å². The summed E-state index contributed by atoms with van der Waals surface area (Å²) in [5, 5.41) is 4.63. The van der Waals surface area contributed by atoms with Gasteiger partial charge in [0.1, 0.15) is 6.04 Å². The number of hydrogen-bond acceptors (Lipinski definition) is 4. The molecule has 3 N–H and O–H groups in total. The summed E-state index contributed by atoms with van der Waals surface area (Å²) >= 11 is 1.29. The molecule has 0 aliphatic heterocycles. The molecule has 1 atom stereocenters. The van der Waals surface area contributed by atoms with Crippen LogP contribution in [0.2, 0.25) is 0 Å². The van der Waals surface area contributed by atoms with Crippen molar-refractivity contribution in [1.29, 1.82) is 0 Å². The van der Waals surface area contributed by atoms with E-state index in [0.29, 0.717) is 4.88 Å². The molecule has 0 bridgehead atoms. The second kappa shape index (κ2) is 8.82. The third-order valence-corrected chi connectivity index (χ3v) is 5.14. The lowest BCUT2D eigenvalue weighted by molar-refractivity contribution is -0.133. The summed E-state index contributed by atoms with van der Waals surface area (Å²) in [5.74, 6) is -0.906. The second-order valence-electron chi connectivity index (χ2n) is 6.49. The summed E-state index contributed by atoms with van der Waals surface area (Å²) in [7, 11) is 0. The van der Waals surface area contributed by atoms with Crippen molar-refractivity contribution in [2.75, 3.05) is 0 Å². The minimum Gasteiger partial charge on any atom is -0.344 e. The van der Waals surface area contributed by atoms with Crippen molar-refractivity contribution >= 4 is 29.1 Å². The number of carbonyl (C=O) groups is 3. The Kier molecular flexibility index (Phi) is 6.78. The van der Waals surface area contributed by atoms with Crippen LogP contribution in [-0.4, -0.2) is 23.8 Å². The lowest BCUT2D eigenvalue weighted by atomic mass is 9.88. The molecule has 1 heterocycles. The molecule has 1 aliphatic carbocycles. The van der Waals surface area contributed by atoms with Gasteiger partial charge < -0.3 is 5.32 Å². The van der Waals surface area contributed by atoms with Crippen LogP contribution in [0.15, 0.2) is 17.5 Å². The maximum absolute atomic E-state index is 12.4. The summed E-state index contributed by atoms with van der Waals surface area (Å²) in [4.78, 5) is 37.1. The van der Waals surface area contributed by atoms with Gasteiger partial charge in [-0.3, -0.25) is 25.2 Å². The molecule has 24 heavy (non-hydrogen) atoms. The van der Waals surface area contributed by atoms with Crippen LogP contribution in [-0.2, 0) is 9.59 Å². The zero-order chi connectivity index (χ0) is 17.5. The van der Waals surface area contributed by atoms with Crippen LogP contribution < -0.4 is 16.2 Å². The van der Waals surface area contributed by atoms with Crippen molar-refractivity contribution in [2.45, 2.75) is 52.0 Å². The monoisotopic (exact) mass is 351 g/mol. The molecule has 2 rings (SSSR count). The SMILES string of the molecule is CC(C)[C@@H](NC(=O)C1CCCCC1)C(=O)NNC(=O)c1cccs1. The maximum atomic E-state index is 12.4. The molecular weight excluding hydrogens is 326 g/mol. The van der Waals surface area contributed by atoms with Gasteiger partial charge in [-0.25, -0.2) is 0 Å². The molecule has 1 fully saturated rings. The normalized spacial score (nSPS) is 16.5. The number of amides is 3. The van der Waals surface area contributed by atoms with Crippen molar-refractivity contribution in [2.24, 2.45) is 11.8 Å². The molecular formula is C17H25N3O3S. The fraction of sp³-hybridized carbons (Fsp3) is 0.588. The molecule has 0 radical (unpaired) electrons. The highest BCUT2D eigenvalue weighted by molar-refractivity contribution is 7.12. The number of rotatable bonds is 5. The fourth-order valence-electron chi connectivity index (χ4n) is 2.84. The Labute approximate surface area is 146 Å². The molecule has 1 aromatic rings. The van der Waals surface area contributed by atoms with Crippen molar-refractivity contribution < 1.29 is 14.4 Å². The zero-order valence-electron chi connectivity index (χ0n) is 14.1. The quantitative estimate of drug-likeness (QED) is 0.711. The topological polar surface area (TPSA) is 87.3 Å². The van der Waals surface area contributed by atoms with Gasteiger partial charge in [0.25, 0.3) is 11.8 Å². The van der Waals surface area contributed by atoms with E-state index in [1.54, 1.807) is 17.5 Å². The van der Waals surface area contributed by atoms with Gasteiger partial charge in [-0.05, 0) is 30.2 Å². The molecule has 7 heteroatoms. The standard InChI is InChI=1S/C17H25N3O3S/c1-11(2)14(18-15(21)12-7-4-3-5-8-12)17(23)20-19-16(22)13-9-6-10-24-13/h6,9-12,14H,3-5,7-8H2,1-2H3,(H,18,21)(H,19,22)(H,20,23)/t14-/m1/s1. The summed E-state index contributed by atoms with van der Waals surface area (Å²) in [5.41, 5.74) is 4.81. The van der Waals surface area contributed by atoms with Crippen LogP contribution in [0, 0.1) is 11.8 Å². The van der Waals surface area contributed by atoms with Gasteiger partial charge >= 0.3 is 0 Å². The van der Waals surface area contributed by atoms with Crippen LogP contribution in [0.25, 0.3) is 0 Å². The molecule has 0 saturated heterocycles. The molecule has 132 valence electrons. The van der Waals surface area contributed by atoms with E-state index in [9.17, 15) is 14.4 Å². The molecule has 1 aliphatic rings. The predicted molar refractivity (Wildman–Crippen MR) is 93.3 cm³/mol. The first-order valence-corrected chi connectivity index (χ1v) is 9.31. The molecule has 6 nitrogen and oxygen atoms in total. The Morgan fingerprint density at radius 1 is 1.12 bits per heavy atom. The number of thiophene rings is 1. The molecule has 3 amide bonds. The van der Waals surface area contributed by atoms with Gasteiger partial charge in [0.05, 0.1) is 4.88 Å². The van der Waals surface area contributed by atoms with Gasteiger partial charge in [-0.1, -0.05) is 39.2 Å². The van der Waals surface area contributed by atoms with Crippen molar-refractivity contribution in [3.8, 4) is 0 Å². The van der Waals surface area contributed by atoms with Crippen LogP contribution >= 0.6 is 11.3 Å². The zero-order valence-corrected chi connectivity index (χ0v) is 14.9. The van der Waals surface area contributed by atoms with Crippen molar-refractivity contribution in [1.82, 2.24) is 16.2 Å². The number of nitrogens with one attached hydrogen (secondary N) is 3. The highest BCUT2D eigenvalue weighted by atomic mass is 32.1. The predicted octanol–water partition coefficient (Wildman–Crippen LogP) is 2.23. The molecule has 0 aromatic carbocycles. The average Bonchev–Trinajstić information content (AvgIpc) is 3.12. The van der Waals surface area contributed by atoms with Gasteiger partial charge in [0, 0.05) is 5.92 Å². The van der Waals surface area contributed by atoms with E-state index in [0.717, 1.165) is 25.7 Å². The summed E-state index contributed by atoms with van der Waals surface area (Å²) in [6, 6.07) is 2.78. The van der Waals surface area contributed by atoms with Gasteiger partial charge in [-0.15, -0.1) is 11.3 Å². The largest absolute Gasteiger partial charge is 0.344 e. The van der Waals surface area contributed by atoms with E-state index < -0.39 is 11.9 Å². The summed E-state index contributed by atoms with van der Waals surface area (Å²) < 4.78 is 0. The van der Waals surface area contributed by atoms with Crippen LogP contribution in [0.5, 0.6) is 0 Å². The molecule has 0 spiro atoms. The van der Waals surface area contributed by atoms with Crippen LogP contribution in [0.3, 0.4) is 0 Å². The Hall–Kier alpha value is -1.89. The Bertz CT molecular complexity index is 566. The Balaban J connectivity index is 1.87. The highest BCUT2D eigenvalue weighted by Gasteiger charge is 2.28. The van der Waals surface area contributed by atoms with Crippen LogP contribution in [0.4, 0.5) is 0 Å². The Morgan fingerprint density at radius 3 is 2.42 bits per heavy atom. The first kappa shape index (κ1) is 18.4.